The van der Waals surface area contributed by atoms with Crippen LogP contribution >= 0.6 is 0 Å². The lowest BCUT2D eigenvalue weighted by molar-refractivity contribution is -0.105. The highest BCUT2D eigenvalue weighted by molar-refractivity contribution is 6.04. The average molecular weight is 409 g/mol. The Morgan fingerprint density at radius 3 is 2.23 bits per heavy atom. The van der Waals surface area contributed by atoms with E-state index >= 15 is 0 Å². The highest BCUT2D eigenvalue weighted by atomic mass is 16.7. The van der Waals surface area contributed by atoms with Gasteiger partial charge in [-0.15, -0.1) is 0 Å². The molecule has 30 heavy (non-hydrogen) atoms. The van der Waals surface area contributed by atoms with Crippen LogP contribution < -0.4 is 25.4 Å². The number of rotatable bonds is 4. The fraction of sp³-hybridized carbons (Fsp3) is 0.391. The molecule has 7 nitrogen and oxygen atoms in total. The fourth-order valence-electron chi connectivity index (χ4n) is 3.80. The molecule has 0 aromatic heterocycles. The van der Waals surface area contributed by atoms with E-state index in [1.165, 1.54) is 6.42 Å². The first-order valence-corrected chi connectivity index (χ1v) is 10.4. The van der Waals surface area contributed by atoms with Gasteiger partial charge in [-0.25, -0.2) is 4.79 Å². The number of anilines is 2. The van der Waals surface area contributed by atoms with Crippen LogP contribution in [0.15, 0.2) is 42.5 Å². The highest BCUT2D eigenvalue weighted by Gasteiger charge is 2.42. The predicted molar refractivity (Wildman–Crippen MR) is 115 cm³/mol. The molecule has 1 fully saturated rings. The Kier molecular flexibility index (Phi) is 5.53. The zero-order valence-corrected chi connectivity index (χ0v) is 17.3. The predicted octanol–water partition coefficient (Wildman–Crippen LogP) is 4.90. The van der Waals surface area contributed by atoms with Crippen LogP contribution in [0, 0.1) is 0 Å². The number of hydrogen-bond acceptors (Lipinski definition) is 4. The van der Waals surface area contributed by atoms with E-state index in [0.717, 1.165) is 31.4 Å². The molecule has 1 aliphatic carbocycles. The van der Waals surface area contributed by atoms with Crippen molar-refractivity contribution < 1.29 is 19.1 Å². The number of carbonyl (C=O) groups is 2. The van der Waals surface area contributed by atoms with E-state index < -0.39 is 5.79 Å². The summed E-state index contributed by atoms with van der Waals surface area (Å²) in [6, 6.07) is 12.0. The number of nitrogens with one attached hydrogen (secondary N) is 3. The molecular weight excluding hydrogens is 382 g/mol. The van der Waals surface area contributed by atoms with Crippen LogP contribution in [0.25, 0.3) is 0 Å². The standard InChI is InChI=1S/C23H27N3O4/c1-15(2)24-22(28)26-17-8-6-16(7-9-17)21(27)25-18-10-11-19-20(14-18)30-23(29-19)12-4-3-5-13-23/h6-11,14-15H,3-5,12-13H2,1-2H3,(H,25,27)(H2,24,26,28). The molecule has 2 aromatic carbocycles. The molecule has 3 N–H and O–H groups in total. The van der Waals surface area contributed by atoms with Crippen molar-refractivity contribution in [2.24, 2.45) is 0 Å². The van der Waals surface area contributed by atoms with E-state index in [2.05, 4.69) is 16.0 Å². The molecule has 0 radical (unpaired) electrons. The van der Waals surface area contributed by atoms with Crippen molar-refractivity contribution in [2.75, 3.05) is 10.6 Å². The smallest absolute Gasteiger partial charge is 0.319 e. The molecular formula is C23H27N3O4. The fourth-order valence-corrected chi connectivity index (χ4v) is 3.80. The van der Waals surface area contributed by atoms with Crippen LogP contribution in [0.1, 0.15) is 56.3 Å². The van der Waals surface area contributed by atoms with Crippen molar-refractivity contribution in [1.82, 2.24) is 5.32 Å². The van der Waals surface area contributed by atoms with Crippen LogP contribution in [0.2, 0.25) is 0 Å². The summed E-state index contributed by atoms with van der Waals surface area (Å²) in [5.74, 6) is 0.628. The Bertz CT molecular complexity index is 934. The summed E-state index contributed by atoms with van der Waals surface area (Å²) in [5, 5.41) is 8.38. The van der Waals surface area contributed by atoms with Crippen LogP contribution in [-0.4, -0.2) is 23.8 Å². The zero-order chi connectivity index (χ0) is 21.1. The monoisotopic (exact) mass is 409 g/mol. The van der Waals surface area contributed by atoms with Gasteiger partial charge in [0.25, 0.3) is 11.7 Å². The molecule has 1 heterocycles. The minimum absolute atomic E-state index is 0.0461. The Morgan fingerprint density at radius 1 is 0.867 bits per heavy atom. The Labute approximate surface area is 176 Å². The number of ether oxygens (including phenoxy) is 2. The lowest BCUT2D eigenvalue weighted by Crippen LogP contribution is -2.40. The number of fused-ring (bicyclic) bond motifs is 1. The van der Waals surface area contributed by atoms with Gasteiger partial charge in [-0.3, -0.25) is 4.79 Å². The van der Waals surface area contributed by atoms with Gasteiger partial charge >= 0.3 is 6.03 Å². The summed E-state index contributed by atoms with van der Waals surface area (Å²) in [6.07, 6.45) is 5.18. The van der Waals surface area contributed by atoms with E-state index in [9.17, 15) is 9.59 Å². The second kappa shape index (κ2) is 8.26. The van der Waals surface area contributed by atoms with Gasteiger partial charge in [0.2, 0.25) is 0 Å². The summed E-state index contributed by atoms with van der Waals surface area (Å²) < 4.78 is 12.2. The summed E-state index contributed by atoms with van der Waals surface area (Å²) in [7, 11) is 0. The highest BCUT2D eigenvalue weighted by Crippen LogP contribution is 2.46. The second-order valence-corrected chi connectivity index (χ2v) is 8.12. The van der Waals surface area contributed by atoms with Gasteiger partial charge in [-0.1, -0.05) is 6.42 Å². The Hall–Kier alpha value is -3.22. The molecule has 2 aromatic rings. The van der Waals surface area contributed by atoms with Gasteiger partial charge in [0.1, 0.15) is 0 Å². The summed E-state index contributed by atoms with van der Waals surface area (Å²) in [4.78, 5) is 24.4. The van der Waals surface area contributed by atoms with Crippen molar-refractivity contribution in [3.63, 3.8) is 0 Å². The molecule has 0 unspecified atom stereocenters. The lowest BCUT2D eigenvalue weighted by Gasteiger charge is -2.31. The molecule has 158 valence electrons. The van der Waals surface area contributed by atoms with Crippen molar-refractivity contribution in [3.05, 3.63) is 48.0 Å². The van der Waals surface area contributed by atoms with Crippen molar-refractivity contribution in [3.8, 4) is 11.5 Å². The first-order valence-electron chi connectivity index (χ1n) is 10.4. The first kappa shape index (κ1) is 20.1. The van der Waals surface area contributed by atoms with E-state index in [1.54, 1.807) is 24.3 Å². The third-order valence-electron chi connectivity index (χ3n) is 5.23. The number of carbonyl (C=O) groups excluding carboxylic acids is 2. The van der Waals surface area contributed by atoms with Crippen LogP contribution in [0.3, 0.4) is 0 Å². The largest absolute Gasteiger partial charge is 0.448 e. The molecule has 4 rings (SSSR count). The zero-order valence-electron chi connectivity index (χ0n) is 17.3. The minimum atomic E-state index is -0.534. The topological polar surface area (TPSA) is 88.7 Å². The number of urea groups is 1. The average Bonchev–Trinajstić information content (AvgIpc) is 3.04. The molecule has 2 aliphatic rings. The van der Waals surface area contributed by atoms with Gasteiger partial charge in [-0.2, -0.15) is 0 Å². The van der Waals surface area contributed by atoms with Gasteiger partial charge < -0.3 is 25.4 Å². The molecule has 3 amide bonds. The van der Waals surface area contributed by atoms with Gasteiger partial charge in [0.05, 0.1) is 0 Å². The molecule has 7 heteroatoms. The minimum Gasteiger partial charge on any atom is -0.448 e. The molecule has 0 bridgehead atoms. The maximum Gasteiger partial charge on any atom is 0.319 e. The second-order valence-electron chi connectivity index (χ2n) is 8.12. The van der Waals surface area contributed by atoms with Crippen molar-refractivity contribution in [1.29, 1.82) is 0 Å². The van der Waals surface area contributed by atoms with Gasteiger partial charge in [0.15, 0.2) is 11.5 Å². The van der Waals surface area contributed by atoms with Crippen LogP contribution in [0.5, 0.6) is 11.5 Å². The van der Waals surface area contributed by atoms with Gasteiger partial charge in [-0.05, 0) is 63.1 Å². The Morgan fingerprint density at radius 2 is 1.53 bits per heavy atom. The van der Waals surface area contributed by atoms with Crippen molar-refractivity contribution >= 4 is 23.3 Å². The maximum absolute atomic E-state index is 12.6. The van der Waals surface area contributed by atoms with E-state index in [0.29, 0.717) is 22.7 Å². The summed E-state index contributed by atoms with van der Waals surface area (Å²) in [6.45, 7) is 3.77. The lowest BCUT2D eigenvalue weighted by atomic mass is 9.94. The van der Waals surface area contributed by atoms with E-state index in [1.807, 2.05) is 32.0 Å². The molecule has 1 saturated carbocycles. The van der Waals surface area contributed by atoms with Crippen LogP contribution in [-0.2, 0) is 0 Å². The normalized spacial score (nSPS) is 16.4. The SMILES string of the molecule is CC(C)NC(=O)Nc1ccc(C(=O)Nc2ccc3c(c2)OC2(CCCCC2)O3)cc1. The third-order valence-corrected chi connectivity index (χ3v) is 5.23. The number of amides is 3. The van der Waals surface area contributed by atoms with E-state index in [4.69, 9.17) is 9.47 Å². The van der Waals surface area contributed by atoms with E-state index in [-0.39, 0.29) is 18.0 Å². The quantitative estimate of drug-likeness (QED) is 0.670. The summed E-state index contributed by atoms with van der Waals surface area (Å²) >= 11 is 0. The van der Waals surface area contributed by atoms with Crippen molar-refractivity contribution in [2.45, 2.75) is 57.8 Å². The first-order chi connectivity index (χ1) is 14.4. The van der Waals surface area contributed by atoms with Crippen LogP contribution in [0.4, 0.5) is 16.2 Å². The summed E-state index contributed by atoms with van der Waals surface area (Å²) in [5.41, 5.74) is 1.76. The Balaban J connectivity index is 1.38. The van der Waals surface area contributed by atoms with Gasteiger partial charge in [0, 0.05) is 41.9 Å². The number of benzene rings is 2. The molecule has 0 atom stereocenters. The third kappa shape index (κ3) is 4.50. The number of hydrogen-bond donors (Lipinski definition) is 3. The molecule has 1 spiro atoms. The molecule has 1 aliphatic heterocycles. The maximum atomic E-state index is 12.6. The molecule has 0 saturated heterocycles.